The van der Waals surface area contributed by atoms with E-state index in [0.717, 1.165) is 28.1 Å². The van der Waals surface area contributed by atoms with Gasteiger partial charge in [-0.25, -0.2) is 0 Å². The second kappa shape index (κ2) is 7.25. The number of nitrogens with zero attached hydrogens (tertiary/aromatic N) is 1. The van der Waals surface area contributed by atoms with Crippen molar-refractivity contribution in [2.75, 3.05) is 19.4 Å². The van der Waals surface area contributed by atoms with Gasteiger partial charge in [-0.3, -0.25) is 9.69 Å². The number of benzene rings is 2. The quantitative estimate of drug-likeness (QED) is 0.831. The molecule has 0 saturated carbocycles. The van der Waals surface area contributed by atoms with Gasteiger partial charge in [0.1, 0.15) is 11.4 Å². The highest BCUT2D eigenvalue weighted by atomic mass is 16.5. The van der Waals surface area contributed by atoms with Crippen LogP contribution in [0.25, 0.3) is 0 Å². The van der Waals surface area contributed by atoms with Crippen LogP contribution in [0.5, 0.6) is 5.75 Å². The lowest BCUT2D eigenvalue weighted by Crippen LogP contribution is -2.57. The Morgan fingerprint density at radius 2 is 1.79 bits per heavy atom. The standard InChI is InChI=1S/C24H32N2O2/c1-16-13-19(25-21(27)14-18-11-9-8-10-12-18)15-20-22(16)28-23(3,4)17(2)24(20,5)26(6)7/h8-13,15,17H,14H2,1-7H3,(H,25,27). The predicted molar refractivity (Wildman–Crippen MR) is 115 cm³/mol. The minimum Gasteiger partial charge on any atom is -0.487 e. The number of ether oxygens (including phenoxy) is 1. The second-order valence-electron chi connectivity index (χ2n) is 8.85. The third kappa shape index (κ3) is 3.53. The molecular formula is C24H32N2O2. The number of aryl methyl sites for hydroxylation is 1. The van der Waals surface area contributed by atoms with E-state index in [0.29, 0.717) is 6.42 Å². The zero-order valence-electron chi connectivity index (χ0n) is 18.1. The molecule has 28 heavy (non-hydrogen) atoms. The smallest absolute Gasteiger partial charge is 0.228 e. The van der Waals surface area contributed by atoms with Gasteiger partial charge in [0.05, 0.1) is 12.0 Å². The summed E-state index contributed by atoms with van der Waals surface area (Å²) in [5, 5.41) is 3.08. The van der Waals surface area contributed by atoms with Crippen LogP contribution in [-0.4, -0.2) is 30.5 Å². The van der Waals surface area contributed by atoms with Crippen molar-refractivity contribution in [3.8, 4) is 5.75 Å². The highest BCUT2D eigenvalue weighted by molar-refractivity contribution is 5.92. The summed E-state index contributed by atoms with van der Waals surface area (Å²) in [6.45, 7) is 10.8. The fraction of sp³-hybridized carbons (Fsp3) is 0.458. The molecule has 2 unspecified atom stereocenters. The van der Waals surface area contributed by atoms with E-state index in [-0.39, 0.29) is 23.0 Å². The third-order valence-corrected chi connectivity index (χ3v) is 6.49. The number of rotatable bonds is 4. The van der Waals surface area contributed by atoms with Crippen LogP contribution in [0.15, 0.2) is 42.5 Å². The van der Waals surface area contributed by atoms with Crippen LogP contribution in [0.3, 0.4) is 0 Å². The molecule has 0 radical (unpaired) electrons. The molecule has 0 spiro atoms. The molecular weight excluding hydrogens is 348 g/mol. The first-order valence-electron chi connectivity index (χ1n) is 9.91. The second-order valence-corrected chi connectivity index (χ2v) is 8.85. The summed E-state index contributed by atoms with van der Waals surface area (Å²) < 4.78 is 6.42. The van der Waals surface area contributed by atoms with Crippen LogP contribution in [0.1, 0.15) is 44.4 Å². The Hall–Kier alpha value is -2.33. The van der Waals surface area contributed by atoms with E-state index in [1.807, 2.05) is 43.3 Å². The monoisotopic (exact) mass is 380 g/mol. The topological polar surface area (TPSA) is 41.6 Å². The summed E-state index contributed by atoms with van der Waals surface area (Å²) in [6.07, 6.45) is 0.363. The zero-order chi connectivity index (χ0) is 20.7. The van der Waals surface area contributed by atoms with Crippen molar-refractivity contribution in [3.05, 3.63) is 59.2 Å². The van der Waals surface area contributed by atoms with Gasteiger partial charge in [-0.15, -0.1) is 0 Å². The van der Waals surface area contributed by atoms with Gasteiger partial charge in [0, 0.05) is 17.2 Å². The maximum Gasteiger partial charge on any atom is 0.228 e. The third-order valence-electron chi connectivity index (χ3n) is 6.49. The molecule has 1 amide bonds. The molecule has 3 rings (SSSR count). The number of carbonyl (C=O) groups excluding carboxylic acids is 1. The van der Waals surface area contributed by atoms with Crippen LogP contribution in [0.4, 0.5) is 5.69 Å². The van der Waals surface area contributed by atoms with Crippen LogP contribution in [0.2, 0.25) is 0 Å². The van der Waals surface area contributed by atoms with Gasteiger partial charge in [-0.05, 0) is 65.0 Å². The summed E-state index contributed by atoms with van der Waals surface area (Å²) in [4.78, 5) is 14.8. The maximum absolute atomic E-state index is 12.6. The normalized spacial score (nSPS) is 23.1. The number of anilines is 1. The van der Waals surface area contributed by atoms with Gasteiger partial charge in [0.25, 0.3) is 0 Å². The lowest BCUT2D eigenvalue weighted by Gasteiger charge is -2.53. The number of carbonyl (C=O) groups is 1. The van der Waals surface area contributed by atoms with Gasteiger partial charge >= 0.3 is 0 Å². The van der Waals surface area contributed by atoms with E-state index in [2.05, 4.69) is 58.1 Å². The molecule has 2 atom stereocenters. The van der Waals surface area contributed by atoms with E-state index in [4.69, 9.17) is 4.74 Å². The summed E-state index contributed by atoms with van der Waals surface area (Å²) in [7, 11) is 4.22. The van der Waals surface area contributed by atoms with Crippen molar-refractivity contribution in [2.45, 2.75) is 52.2 Å². The van der Waals surface area contributed by atoms with E-state index < -0.39 is 0 Å². The average Bonchev–Trinajstić information content (AvgIpc) is 2.62. The van der Waals surface area contributed by atoms with Gasteiger partial charge in [-0.2, -0.15) is 0 Å². The molecule has 1 heterocycles. The van der Waals surface area contributed by atoms with Crippen molar-refractivity contribution >= 4 is 11.6 Å². The van der Waals surface area contributed by atoms with Crippen molar-refractivity contribution in [3.63, 3.8) is 0 Å². The molecule has 4 nitrogen and oxygen atoms in total. The number of hydrogen-bond donors (Lipinski definition) is 1. The molecule has 150 valence electrons. The molecule has 2 aromatic carbocycles. The average molecular weight is 381 g/mol. The molecule has 1 aliphatic rings. The van der Waals surface area contributed by atoms with E-state index in [1.54, 1.807) is 0 Å². The number of hydrogen-bond acceptors (Lipinski definition) is 3. The molecule has 0 fully saturated rings. The Labute approximate surface area is 168 Å². The molecule has 1 N–H and O–H groups in total. The lowest BCUT2D eigenvalue weighted by atomic mass is 9.69. The number of fused-ring (bicyclic) bond motifs is 1. The van der Waals surface area contributed by atoms with Gasteiger partial charge in [0.2, 0.25) is 5.91 Å². The fourth-order valence-electron chi connectivity index (χ4n) is 4.23. The van der Waals surface area contributed by atoms with Crippen LogP contribution in [-0.2, 0) is 16.8 Å². The molecule has 0 aromatic heterocycles. The zero-order valence-corrected chi connectivity index (χ0v) is 18.1. The molecule has 2 aromatic rings. The van der Waals surface area contributed by atoms with Crippen molar-refractivity contribution in [1.82, 2.24) is 4.90 Å². The Kier molecular flexibility index (Phi) is 5.28. The van der Waals surface area contributed by atoms with Crippen LogP contribution < -0.4 is 10.1 Å². The minimum atomic E-state index is -0.283. The van der Waals surface area contributed by atoms with E-state index in [1.165, 1.54) is 0 Å². The SMILES string of the molecule is Cc1cc(NC(=O)Cc2ccccc2)cc2c1OC(C)(C)C(C)C2(C)N(C)C. The predicted octanol–water partition coefficient (Wildman–Crippen LogP) is 4.76. The van der Waals surface area contributed by atoms with Gasteiger partial charge in [-0.1, -0.05) is 37.3 Å². The Morgan fingerprint density at radius 3 is 2.39 bits per heavy atom. The lowest BCUT2D eigenvalue weighted by molar-refractivity contribution is -0.115. The molecule has 4 heteroatoms. The Balaban J connectivity index is 1.96. The molecule has 0 aliphatic carbocycles. The fourth-order valence-corrected chi connectivity index (χ4v) is 4.23. The first kappa shape index (κ1) is 20.4. The van der Waals surface area contributed by atoms with Gasteiger partial charge in [0.15, 0.2) is 0 Å². The van der Waals surface area contributed by atoms with E-state index in [9.17, 15) is 4.79 Å². The Morgan fingerprint density at radius 1 is 1.14 bits per heavy atom. The van der Waals surface area contributed by atoms with Crippen molar-refractivity contribution in [1.29, 1.82) is 0 Å². The minimum absolute atomic E-state index is 0.0118. The molecule has 0 bridgehead atoms. The summed E-state index contributed by atoms with van der Waals surface area (Å²) in [5.74, 6) is 1.18. The van der Waals surface area contributed by atoms with Gasteiger partial charge < -0.3 is 10.1 Å². The first-order chi connectivity index (χ1) is 13.1. The maximum atomic E-state index is 12.6. The largest absolute Gasteiger partial charge is 0.487 e. The summed E-state index contributed by atoms with van der Waals surface area (Å²) >= 11 is 0. The Bertz CT molecular complexity index is 874. The van der Waals surface area contributed by atoms with Crippen LogP contribution >= 0.6 is 0 Å². The van der Waals surface area contributed by atoms with Crippen LogP contribution in [0, 0.1) is 12.8 Å². The molecule has 0 saturated heterocycles. The molecule has 1 aliphatic heterocycles. The highest BCUT2D eigenvalue weighted by Crippen LogP contribution is 2.51. The summed E-state index contributed by atoms with van der Waals surface area (Å²) in [6, 6.07) is 13.9. The highest BCUT2D eigenvalue weighted by Gasteiger charge is 2.50. The van der Waals surface area contributed by atoms with Crippen molar-refractivity contribution < 1.29 is 9.53 Å². The first-order valence-corrected chi connectivity index (χ1v) is 9.91. The van der Waals surface area contributed by atoms with Crippen molar-refractivity contribution in [2.24, 2.45) is 5.92 Å². The summed E-state index contributed by atoms with van der Waals surface area (Å²) in [5.41, 5.74) is 3.50. The van der Waals surface area contributed by atoms with E-state index >= 15 is 0 Å². The number of amides is 1. The number of nitrogens with one attached hydrogen (secondary N) is 1.